The van der Waals surface area contributed by atoms with Crippen molar-refractivity contribution in [1.82, 2.24) is 24.7 Å². The highest BCUT2D eigenvalue weighted by atomic mass is 32.1. The lowest BCUT2D eigenvalue weighted by atomic mass is 9.96. The highest BCUT2D eigenvalue weighted by Crippen LogP contribution is 2.41. The Balaban J connectivity index is 1.48. The lowest BCUT2D eigenvalue weighted by Crippen LogP contribution is -2.39. The highest BCUT2D eigenvalue weighted by molar-refractivity contribution is 7.80. The number of carbonyl (C=O) groups excluding carboxylic acids is 1. The number of pyridine rings is 1. The van der Waals surface area contributed by atoms with E-state index in [-0.39, 0.29) is 18.1 Å². The number of ether oxygens (including phenoxy) is 2. The van der Waals surface area contributed by atoms with Crippen LogP contribution in [-0.4, -0.2) is 76.9 Å². The number of hydrogen-bond acceptors (Lipinski definition) is 6. The number of rotatable bonds is 8. The molecule has 4 heterocycles. The number of thiocarbonyl (C=S) groups is 1. The summed E-state index contributed by atoms with van der Waals surface area (Å²) >= 11 is 5.90. The van der Waals surface area contributed by atoms with Gasteiger partial charge in [0.05, 0.1) is 43.7 Å². The van der Waals surface area contributed by atoms with Crippen LogP contribution in [0, 0.1) is 13.8 Å². The normalized spacial score (nSPS) is 20.0. The number of aromatic nitrogens is 2. The van der Waals surface area contributed by atoms with Gasteiger partial charge in [0.15, 0.2) is 5.11 Å². The van der Waals surface area contributed by atoms with Gasteiger partial charge in [-0.3, -0.25) is 9.88 Å². The Morgan fingerprint density at radius 2 is 1.95 bits per heavy atom. The molecule has 2 saturated heterocycles. The summed E-state index contributed by atoms with van der Waals surface area (Å²) in [5, 5.41) is 4.33. The van der Waals surface area contributed by atoms with E-state index in [4.69, 9.17) is 21.7 Å². The quantitative estimate of drug-likeness (QED) is 0.345. The van der Waals surface area contributed by atoms with Crippen molar-refractivity contribution in [2.75, 3.05) is 46.5 Å². The average Bonchev–Trinajstić information content (AvgIpc) is 3.43. The van der Waals surface area contributed by atoms with E-state index in [1.807, 2.05) is 36.5 Å². The van der Waals surface area contributed by atoms with Gasteiger partial charge in [-0.25, -0.2) is 4.79 Å². The number of carbonyl (C=O) groups is 1. The zero-order chi connectivity index (χ0) is 26.6. The van der Waals surface area contributed by atoms with Crippen molar-refractivity contribution in [3.8, 4) is 5.69 Å². The summed E-state index contributed by atoms with van der Waals surface area (Å²) in [6.07, 6.45) is 2.84. The molecule has 9 heteroatoms. The average molecular weight is 534 g/mol. The molecule has 0 aliphatic carbocycles. The molecule has 2 atom stereocenters. The minimum Gasteiger partial charge on any atom is -0.465 e. The fraction of sp³-hybridized carbons (Fsp3) is 0.414. The first-order valence-electron chi connectivity index (χ1n) is 13.1. The second-order valence-electron chi connectivity index (χ2n) is 9.83. The molecule has 0 unspecified atom stereocenters. The van der Waals surface area contributed by atoms with Crippen molar-refractivity contribution in [2.45, 2.75) is 32.4 Å². The second-order valence-corrected chi connectivity index (χ2v) is 10.2. The first-order valence-corrected chi connectivity index (χ1v) is 13.5. The molecule has 2 aliphatic heterocycles. The lowest BCUT2D eigenvalue weighted by molar-refractivity contribution is 0.0365. The Hall–Kier alpha value is -3.27. The van der Waals surface area contributed by atoms with Crippen LogP contribution in [0.5, 0.6) is 0 Å². The first kappa shape index (κ1) is 26.3. The van der Waals surface area contributed by atoms with Crippen LogP contribution in [0.25, 0.3) is 5.69 Å². The number of nitrogens with zero attached hydrogens (tertiary/aromatic N) is 4. The summed E-state index contributed by atoms with van der Waals surface area (Å²) in [6, 6.07) is 15.7. The van der Waals surface area contributed by atoms with Crippen molar-refractivity contribution >= 4 is 23.3 Å². The molecule has 0 saturated carbocycles. The number of benzene rings is 1. The summed E-state index contributed by atoms with van der Waals surface area (Å²) in [4.78, 5) is 21.7. The van der Waals surface area contributed by atoms with Crippen LogP contribution in [0.3, 0.4) is 0 Å². The molecule has 8 nitrogen and oxygen atoms in total. The van der Waals surface area contributed by atoms with Crippen molar-refractivity contribution in [3.05, 3.63) is 82.9 Å². The molecule has 2 aromatic heterocycles. The minimum atomic E-state index is -0.346. The van der Waals surface area contributed by atoms with E-state index in [9.17, 15) is 4.79 Å². The number of esters is 1. The van der Waals surface area contributed by atoms with Crippen molar-refractivity contribution in [3.63, 3.8) is 0 Å². The molecule has 2 aliphatic rings. The Kier molecular flexibility index (Phi) is 8.06. The second kappa shape index (κ2) is 11.6. The molecule has 2 fully saturated rings. The van der Waals surface area contributed by atoms with E-state index >= 15 is 0 Å². The zero-order valence-electron chi connectivity index (χ0n) is 22.2. The third-order valence-corrected chi connectivity index (χ3v) is 7.84. The van der Waals surface area contributed by atoms with Crippen LogP contribution in [0.4, 0.5) is 0 Å². The van der Waals surface area contributed by atoms with Crippen LogP contribution >= 0.6 is 12.2 Å². The predicted octanol–water partition coefficient (Wildman–Crippen LogP) is 3.97. The van der Waals surface area contributed by atoms with E-state index in [2.05, 4.69) is 50.6 Å². The van der Waals surface area contributed by atoms with E-state index in [0.717, 1.165) is 73.7 Å². The smallest absolute Gasteiger partial charge is 0.337 e. The van der Waals surface area contributed by atoms with Gasteiger partial charge in [0.25, 0.3) is 0 Å². The van der Waals surface area contributed by atoms with Gasteiger partial charge < -0.3 is 24.3 Å². The van der Waals surface area contributed by atoms with Gasteiger partial charge in [0.2, 0.25) is 0 Å². The minimum absolute atomic E-state index is 0.00849. The molecule has 200 valence electrons. The molecule has 1 N–H and O–H groups in total. The number of morpholine rings is 1. The highest BCUT2D eigenvalue weighted by Gasteiger charge is 2.41. The van der Waals surface area contributed by atoms with Gasteiger partial charge in [-0.1, -0.05) is 12.1 Å². The Morgan fingerprint density at radius 1 is 1.13 bits per heavy atom. The maximum Gasteiger partial charge on any atom is 0.337 e. The molecule has 0 bridgehead atoms. The van der Waals surface area contributed by atoms with Crippen molar-refractivity contribution in [1.29, 1.82) is 0 Å². The molecular weight excluding hydrogens is 498 g/mol. The molecule has 3 aromatic rings. The molecule has 0 spiro atoms. The molecular formula is C29H35N5O3S. The first-order chi connectivity index (χ1) is 18.5. The predicted molar refractivity (Wildman–Crippen MR) is 151 cm³/mol. The largest absolute Gasteiger partial charge is 0.465 e. The van der Waals surface area contributed by atoms with Crippen LogP contribution in [0.15, 0.2) is 54.7 Å². The van der Waals surface area contributed by atoms with Crippen LogP contribution < -0.4 is 5.32 Å². The third kappa shape index (κ3) is 5.32. The molecule has 1 aromatic carbocycles. The number of hydrogen-bond donors (Lipinski definition) is 1. The monoisotopic (exact) mass is 533 g/mol. The van der Waals surface area contributed by atoms with Gasteiger partial charge in [0.1, 0.15) is 0 Å². The number of aryl methyl sites for hydroxylation is 1. The Bertz CT molecular complexity index is 1290. The Labute approximate surface area is 229 Å². The van der Waals surface area contributed by atoms with E-state index in [1.54, 1.807) is 6.07 Å². The maximum atomic E-state index is 12.2. The molecule has 38 heavy (non-hydrogen) atoms. The summed E-state index contributed by atoms with van der Waals surface area (Å²) in [7, 11) is 1.40. The fourth-order valence-corrected chi connectivity index (χ4v) is 5.98. The molecule has 0 amide bonds. The lowest BCUT2D eigenvalue weighted by Gasteiger charge is -2.30. The van der Waals surface area contributed by atoms with Crippen LogP contribution in [-0.2, 0) is 9.47 Å². The van der Waals surface area contributed by atoms with Gasteiger partial charge in [0, 0.05) is 49.5 Å². The standard InChI is InChI=1S/C29H35N5O3S/c1-20-18-24(21(2)34(20)23-9-6-8-22(19-23)28(35)36-3)27-26(25-10-4-5-11-30-25)31-29(38)33(27)13-7-12-32-14-16-37-17-15-32/h4-6,8-11,18-19,26-27H,7,12-17H2,1-3H3,(H,31,38)/t26-,27+/m0/s1. The summed E-state index contributed by atoms with van der Waals surface area (Å²) in [6.45, 7) is 9.66. The van der Waals surface area contributed by atoms with Gasteiger partial charge >= 0.3 is 5.97 Å². The summed E-state index contributed by atoms with van der Waals surface area (Å²) in [5.74, 6) is -0.346. The zero-order valence-corrected chi connectivity index (χ0v) is 23.0. The molecule has 0 radical (unpaired) electrons. The maximum absolute atomic E-state index is 12.2. The van der Waals surface area contributed by atoms with E-state index in [1.165, 1.54) is 12.7 Å². The van der Waals surface area contributed by atoms with Crippen molar-refractivity contribution in [2.24, 2.45) is 0 Å². The van der Waals surface area contributed by atoms with Gasteiger partial charge in [-0.2, -0.15) is 0 Å². The van der Waals surface area contributed by atoms with Gasteiger partial charge in [-0.15, -0.1) is 0 Å². The SMILES string of the molecule is COC(=O)c1cccc(-n2c(C)cc([C@@H]3[C@H](c4ccccn4)NC(=S)N3CCCN3CCOCC3)c2C)c1. The third-order valence-electron chi connectivity index (χ3n) is 7.49. The fourth-order valence-electron chi connectivity index (χ4n) is 5.65. The summed E-state index contributed by atoms with van der Waals surface area (Å²) in [5.41, 5.74) is 5.81. The Morgan fingerprint density at radius 3 is 2.68 bits per heavy atom. The van der Waals surface area contributed by atoms with E-state index < -0.39 is 0 Å². The summed E-state index contributed by atoms with van der Waals surface area (Å²) < 4.78 is 12.7. The number of nitrogens with one attached hydrogen (secondary N) is 1. The van der Waals surface area contributed by atoms with E-state index in [0.29, 0.717) is 5.56 Å². The topological polar surface area (TPSA) is 71.9 Å². The molecule has 5 rings (SSSR count). The number of methoxy groups -OCH3 is 1. The van der Waals surface area contributed by atoms with Crippen LogP contribution in [0.1, 0.15) is 51.5 Å². The van der Waals surface area contributed by atoms with Gasteiger partial charge in [-0.05, 0) is 74.4 Å². The van der Waals surface area contributed by atoms with Crippen LogP contribution in [0.2, 0.25) is 0 Å². The van der Waals surface area contributed by atoms with Crippen molar-refractivity contribution < 1.29 is 14.3 Å².